The average molecular weight is 460 g/mol. The van der Waals surface area contributed by atoms with E-state index in [1.54, 1.807) is 30.3 Å². The second-order valence-electron chi connectivity index (χ2n) is 7.08. The van der Waals surface area contributed by atoms with Gasteiger partial charge in [0.25, 0.3) is 0 Å². The van der Waals surface area contributed by atoms with Crippen molar-refractivity contribution >= 4 is 35.0 Å². The fourth-order valence-corrected chi connectivity index (χ4v) is 3.63. The molecule has 0 radical (unpaired) electrons. The van der Waals surface area contributed by atoms with Gasteiger partial charge in [0.15, 0.2) is 12.7 Å². The minimum atomic E-state index is -0.779. The number of rotatable bonds is 8. The van der Waals surface area contributed by atoms with E-state index in [0.29, 0.717) is 27.8 Å². The molecule has 7 heteroatoms. The van der Waals surface area contributed by atoms with E-state index in [4.69, 9.17) is 32.7 Å². The zero-order chi connectivity index (χ0) is 22.5. The third-order valence-electron chi connectivity index (χ3n) is 4.89. The Balaban J connectivity index is 1.70. The molecule has 3 aromatic rings. The van der Waals surface area contributed by atoms with Crippen molar-refractivity contribution in [1.82, 2.24) is 4.57 Å². The molecule has 31 heavy (non-hydrogen) atoms. The van der Waals surface area contributed by atoms with Gasteiger partial charge in [0.05, 0.1) is 10.0 Å². The minimum absolute atomic E-state index is 0.290. The third-order valence-corrected chi connectivity index (χ3v) is 5.63. The number of carbonyl (C=O) groups is 2. The first-order valence-corrected chi connectivity index (χ1v) is 10.6. The number of aryl methyl sites for hydroxylation is 1. The maximum absolute atomic E-state index is 12.8. The van der Waals surface area contributed by atoms with Gasteiger partial charge >= 0.3 is 5.97 Å². The molecular weight excluding hydrogens is 437 g/mol. The van der Waals surface area contributed by atoms with Gasteiger partial charge in [-0.1, -0.05) is 48.3 Å². The molecule has 162 valence electrons. The quantitative estimate of drug-likeness (QED) is 0.306. The molecule has 2 aromatic carbocycles. The number of halogens is 2. The maximum atomic E-state index is 12.8. The van der Waals surface area contributed by atoms with Crippen LogP contribution in [0.25, 0.3) is 5.69 Å². The number of hydrogen-bond donors (Lipinski definition) is 0. The van der Waals surface area contributed by atoms with Gasteiger partial charge in [-0.25, -0.2) is 4.79 Å². The Kier molecular flexibility index (Phi) is 7.42. The molecule has 1 heterocycles. The number of Topliss-reactive ketones (excluding diaryl/α,β-unsaturated/α-hetero) is 1. The van der Waals surface area contributed by atoms with Gasteiger partial charge in [0, 0.05) is 22.6 Å². The SMILES string of the molecule is CCC(Oc1ccccc1)C(=O)OCC(=O)c1cc(C)n(-c2ccc(Cl)c(Cl)c2)c1C. The van der Waals surface area contributed by atoms with Crippen molar-refractivity contribution in [3.05, 3.63) is 81.6 Å². The number of esters is 1. The summed E-state index contributed by atoms with van der Waals surface area (Å²) in [6.45, 7) is 5.18. The number of ether oxygens (including phenoxy) is 2. The molecule has 0 saturated carbocycles. The van der Waals surface area contributed by atoms with Crippen molar-refractivity contribution in [1.29, 1.82) is 0 Å². The zero-order valence-corrected chi connectivity index (χ0v) is 19.0. The Morgan fingerprint density at radius 1 is 1.00 bits per heavy atom. The summed E-state index contributed by atoms with van der Waals surface area (Å²) in [6.07, 6.45) is -0.354. The topological polar surface area (TPSA) is 57.5 Å². The van der Waals surface area contributed by atoms with Crippen molar-refractivity contribution in [3.63, 3.8) is 0 Å². The highest BCUT2D eigenvalue weighted by atomic mass is 35.5. The van der Waals surface area contributed by atoms with Crippen LogP contribution in [0.3, 0.4) is 0 Å². The van der Waals surface area contributed by atoms with E-state index >= 15 is 0 Å². The Hall–Kier alpha value is -2.76. The van der Waals surface area contributed by atoms with Crippen molar-refractivity contribution in [2.75, 3.05) is 6.61 Å². The summed E-state index contributed by atoms with van der Waals surface area (Å²) < 4.78 is 12.9. The van der Waals surface area contributed by atoms with E-state index in [1.807, 2.05) is 49.6 Å². The molecular formula is C24H23Cl2NO4. The lowest BCUT2D eigenvalue weighted by Crippen LogP contribution is -2.30. The van der Waals surface area contributed by atoms with Crippen LogP contribution in [0.15, 0.2) is 54.6 Å². The van der Waals surface area contributed by atoms with Crippen LogP contribution in [-0.2, 0) is 9.53 Å². The molecule has 0 amide bonds. The number of nitrogens with zero attached hydrogens (tertiary/aromatic N) is 1. The van der Waals surface area contributed by atoms with Gasteiger partial charge in [-0.2, -0.15) is 0 Å². The highest BCUT2D eigenvalue weighted by Crippen LogP contribution is 2.28. The first kappa shape index (κ1) is 22.9. The summed E-state index contributed by atoms with van der Waals surface area (Å²) in [5.41, 5.74) is 2.85. The van der Waals surface area contributed by atoms with E-state index in [-0.39, 0.29) is 12.4 Å². The molecule has 0 aliphatic carbocycles. The van der Waals surface area contributed by atoms with E-state index in [0.717, 1.165) is 17.1 Å². The summed E-state index contributed by atoms with van der Waals surface area (Å²) in [5.74, 6) is -0.289. The van der Waals surface area contributed by atoms with E-state index < -0.39 is 12.1 Å². The molecule has 1 unspecified atom stereocenters. The van der Waals surface area contributed by atoms with Gasteiger partial charge in [-0.05, 0) is 56.7 Å². The highest BCUT2D eigenvalue weighted by molar-refractivity contribution is 6.42. The first-order chi connectivity index (χ1) is 14.8. The van der Waals surface area contributed by atoms with Crippen LogP contribution in [-0.4, -0.2) is 29.0 Å². The maximum Gasteiger partial charge on any atom is 0.347 e. The Labute approximate surface area is 191 Å². The second kappa shape index (κ2) is 10.0. The number of ketones is 1. The number of carbonyl (C=O) groups excluding carboxylic acids is 2. The lowest BCUT2D eigenvalue weighted by Gasteiger charge is -2.16. The fourth-order valence-electron chi connectivity index (χ4n) is 3.34. The summed E-state index contributed by atoms with van der Waals surface area (Å²) in [5, 5.41) is 0.886. The Bertz CT molecular complexity index is 1090. The number of aromatic nitrogens is 1. The van der Waals surface area contributed by atoms with E-state index in [2.05, 4.69) is 0 Å². The summed E-state index contributed by atoms with van der Waals surface area (Å²) >= 11 is 12.2. The molecule has 0 saturated heterocycles. The summed E-state index contributed by atoms with van der Waals surface area (Å²) in [6, 6.07) is 16.1. The smallest absolute Gasteiger partial charge is 0.347 e. The highest BCUT2D eigenvalue weighted by Gasteiger charge is 2.23. The third kappa shape index (κ3) is 5.30. The van der Waals surface area contributed by atoms with Gasteiger partial charge < -0.3 is 14.0 Å². The van der Waals surface area contributed by atoms with Crippen molar-refractivity contribution in [3.8, 4) is 11.4 Å². The van der Waals surface area contributed by atoms with Gasteiger partial charge in [0.1, 0.15) is 5.75 Å². The molecule has 0 aliphatic rings. The molecule has 5 nitrogen and oxygen atoms in total. The van der Waals surface area contributed by atoms with Crippen LogP contribution in [0, 0.1) is 13.8 Å². The van der Waals surface area contributed by atoms with Crippen LogP contribution in [0.4, 0.5) is 0 Å². The second-order valence-corrected chi connectivity index (χ2v) is 7.89. The molecule has 0 N–H and O–H groups in total. The molecule has 0 bridgehead atoms. The standard InChI is InChI=1S/C24H23Cl2NO4/c1-4-23(31-18-8-6-5-7-9-18)24(29)30-14-22(28)19-12-15(2)27(16(19)3)17-10-11-20(25)21(26)13-17/h5-13,23H,4,14H2,1-3H3. The lowest BCUT2D eigenvalue weighted by atomic mass is 10.1. The Morgan fingerprint density at radius 3 is 2.35 bits per heavy atom. The fraction of sp³-hybridized carbons (Fsp3) is 0.250. The predicted octanol–water partition coefficient (Wildman–Crippen LogP) is 5.98. The zero-order valence-electron chi connectivity index (χ0n) is 17.5. The molecule has 3 rings (SSSR count). The van der Waals surface area contributed by atoms with E-state index in [9.17, 15) is 9.59 Å². The van der Waals surface area contributed by atoms with Gasteiger partial charge in [-0.15, -0.1) is 0 Å². The van der Waals surface area contributed by atoms with Crippen molar-refractivity contribution in [2.24, 2.45) is 0 Å². The minimum Gasteiger partial charge on any atom is -0.479 e. The summed E-state index contributed by atoms with van der Waals surface area (Å²) in [4.78, 5) is 25.2. The van der Waals surface area contributed by atoms with E-state index in [1.165, 1.54) is 0 Å². The van der Waals surface area contributed by atoms with Gasteiger partial charge in [0.2, 0.25) is 5.78 Å². The van der Waals surface area contributed by atoms with Crippen LogP contribution in [0.2, 0.25) is 10.0 Å². The summed E-state index contributed by atoms with van der Waals surface area (Å²) in [7, 11) is 0. The molecule has 0 fully saturated rings. The van der Waals surface area contributed by atoms with Crippen LogP contribution >= 0.6 is 23.2 Å². The number of hydrogen-bond acceptors (Lipinski definition) is 4. The Morgan fingerprint density at radius 2 is 1.71 bits per heavy atom. The largest absolute Gasteiger partial charge is 0.479 e. The van der Waals surface area contributed by atoms with Crippen LogP contribution in [0.1, 0.15) is 35.1 Å². The first-order valence-electron chi connectivity index (χ1n) is 9.87. The number of benzene rings is 2. The molecule has 1 atom stereocenters. The lowest BCUT2D eigenvalue weighted by molar-refractivity contribution is -0.150. The van der Waals surface area contributed by atoms with Crippen molar-refractivity contribution < 1.29 is 19.1 Å². The predicted molar refractivity (Wildman–Crippen MR) is 122 cm³/mol. The molecule has 1 aromatic heterocycles. The van der Waals surface area contributed by atoms with Crippen LogP contribution in [0.5, 0.6) is 5.75 Å². The normalized spacial score (nSPS) is 11.8. The van der Waals surface area contributed by atoms with Crippen molar-refractivity contribution in [2.45, 2.75) is 33.3 Å². The van der Waals surface area contributed by atoms with Crippen LogP contribution < -0.4 is 4.74 Å². The van der Waals surface area contributed by atoms with Gasteiger partial charge in [-0.3, -0.25) is 4.79 Å². The monoisotopic (exact) mass is 459 g/mol. The average Bonchev–Trinajstić information content (AvgIpc) is 3.06. The molecule has 0 spiro atoms. The molecule has 0 aliphatic heterocycles. The number of para-hydroxylation sites is 1.